The van der Waals surface area contributed by atoms with Gasteiger partial charge in [-0.15, -0.1) is 13.2 Å². The number of anilines is 1. The van der Waals surface area contributed by atoms with Gasteiger partial charge in [0.2, 0.25) is 0 Å². The molecule has 1 N–H and O–H groups in total. The SMILES string of the molecule is COc1cc2nc(-c3cccc(OC(F)(F)F)c3)nc(NCCc3ccccn3)c2cc1OC. The van der Waals surface area contributed by atoms with Gasteiger partial charge in [0.05, 0.1) is 19.7 Å². The maximum atomic E-state index is 12.7. The molecule has 0 aliphatic rings. The molecule has 0 aliphatic heterocycles. The summed E-state index contributed by atoms with van der Waals surface area (Å²) in [6, 6.07) is 14.7. The van der Waals surface area contributed by atoms with E-state index in [2.05, 4.69) is 25.0 Å². The van der Waals surface area contributed by atoms with E-state index in [1.807, 2.05) is 18.2 Å². The first-order chi connectivity index (χ1) is 16.4. The Morgan fingerprint density at radius 2 is 1.71 bits per heavy atom. The first-order valence-corrected chi connectivity index (χ1v) is 10.3. The molecule has 0 fully saturated rings. The summed E-state index contributed by atoms with van der Waals surface area (Å²) in [5.41, 5.74) is 1.81. The quantitative estimate of drug-likeness (QED) is 0.376. The minimum atomic E-state index is -4.80. The number of benzene rings is 2. The molecule has 0 amide bonds. The van der Waals surface area contributed by atoms with Crippen molar-refractivity contribution in [1.29, 1.82) is 0 Å². The Bertz CT molecular complexity index is 1280. The van der Waals surface area contributed by atoms with E-state index in [1.165, 1.54) is 32.4 Å². The third-order valence-corrected chi connectivity index (χ3v) is 4.93. The molecule has 0 saturated carbocycles. The van der Waals surface area contributed by atoms with Gasteiger partial charge in [0.1, 0.15) is 11.6 Å². The smallest absolute Gasteiger partial charge is 0.493 e. The van der Waals surface area contributed by atoms with Crippen LogP contribution in [0.2, 0.25) is 0 Å². The van der Waals surface area contributed by atoms with Gasteiger partial charge in [-0.05, 0) is 30.3 Å². The van der Waals surface area contributed by atoms with E-state index in [0.29, 0.717) is 46.7 Å². The zero-order valence-electron chi connectivity index (χ0n) is 18.4. The van der Waals surface area contributed by atoms with Crippen LogP contribution in [0.25, 0.3) is 22.3 Å². The standard InChI is InChI=1S/C24H21F3N4O3/c1-32-20-13-18-19(14-21(20)33-2)30-22(15-6-5-8-17(12-15)34-24(25,26)27)31-23(18)29-11-9-16-7-3-4-10-28-16/h3-8,10,12-14H,9,11H2,1-2H3,(H,29,30,31). The lowest BCUT2D eigenvalue weighted by atomic mass is 10.1. The van der Waals surface area contributed by atoms with Crippen molar-refractivity contribution >= 4 is 16.7 Å². The molecule has 7 nitrogen and oxygen atoms in total. The topological polar surface area (TPSA) is 78.4 Å². The summed E-state index contributed by atoms with van der Waals surface area (Å²) in [5, 5.41) is 3.96. The van der Waals surface area contributed by atoms with Crippen molar-refractivity contribution < 1.29 is 27.4 Å². The number of aromatic nitrogens is 3. The predicted molar refractivity (Wildman–Crippen MR) is 121 cm³/mol. The highest BCUT2D eigenvalue weighted by molar-refractivity contribution is 5.93. The van der Waals surface area contributed by atoms with Crippen LogP contribution in [-0.4, -0.2) is 42.1 Å². The van der Waals surface area contributed by atoms with Gasteiger partial charge in [-0.2, -0.15) is 0 Å². The number of nitrogens with zero attached hydrogens (tertiary/aromatic N) is 3. The van der Waals surface area contributed by atoms with E-state index in [0.717, 1.165) is 5.69 Å². The molecular weight excluding hydrogens is 449 g/mol. The average Bonchev–Trinajstić information content (AvgIpc) is 2.82. The molecule has 4 rings (SSSR count). The molecule has 0 saturated heterocycles. The van der Waals surface area contributed by atoms with Gasteiger partial charge in [-0.25, -0.2) is 9.97 Å². The van der Waals surface area contributed by atoms with E-state index in [9.17, 15) is 13.2 Å². The molecule has 176 valence electrons. The zero-order chi connectivity index (χ0) is 24.1. The molecule has 4 aromatic rings. The Morgan fingerprint density at radius 3 is 2.41 bits per heavy atom. The van der Waals surface area contributed by atoms with Crippen molar-refractivity contribution in [3.63, 3.8) is 0 Å². The fraction of sp³-hybridized carbons (Fsp3) is 0.208. The summed E-state index contributed by atoms with van der Waals surface area (Å²) in [4.78, 5) is 13.5. The van der Waals surface area contributed by atoms with Crippen molar-refractivity contribution in [2.75, 3.05) is 26.1 Å². The predicted octanol–water partition coefficient (Wildman–Crippen LogP) is 5.26. The van der Waals surface area contributed by atoms with E-state index >= 15 is 0 Å². The Morgan fingerprint density at radius 1 is 0.912 bits per heavy atom. The highest BCUT2D eigenvalue weighted by Gasteiger charge is 2.31. The van der Waals surface area contributed by atoms with E-state index in [1.54, 1.807) is 24.4 Å². The van der Waals surface area contributed by atoms with E-state index in [-0.39, 0.29) is 11.6 Å². The van der Waals surface area contributed by atoms with Crippen molar-refractivity contribution in [3.05, 3.63) is 66.5 Å². The molecule has 0 aliphatic carbocycles. The van der Waals surface area contributed by atoms with Crippen molar-refractivity contribution in [3.8, 4) is 28.6 Å². The van der Waals surface area contributed by atoms with Gasteiger partial charge in [-0.1, -0.05) is 18.2 Å². The van der Waals surface area contributed by atoms with Gasteiger partial charge < -0.3 is 19.5 Å². The van der Waals surface area contributed by atoms with Gasteiger partial charge in [0.25, 0.3) is 0 Å². The maximum Gasteiger partial charge on any atom is 0.573 e. The summed E-state index contributed by atoms with van der Waals surface area (Å²) in [6.45, 7) is 0.522. The van der Waals surface area contributed by atoms with Crippen LogP contribution in [-0.2, 0) is 6.42 Å². The Labute approximate surface area is 193 Å². The number of nitrogens with one attached hydrogen (secondary N) is 1. The summed E-state index contributed by atoms with van der Waals surface area (Å²) in [6.07, 6.45) is -2.44. The monoisotopic (exact) mass is 470 g/mol. The summed E-state index contributed by atoms with van der Waals surface area (Å²) in [7, 11) is 3.04. The maximum absolute atomic E-state index is 12.7. The number of fused-ring (bicyclic) bond motifs is 1. The lowest BCUT2D eigenvalue weighted by Gasteiger charge is -2.14. The molecule has 2 aromatic carbocycles. The Kier molecular flexibility index (Phi) is 6.67. The Hall–Kier alpha value is -4.08. The highest BCUT2D eigenvalue weighted by Crippen LogP contribution is 2.36. The van der Waals surface area contributed by atoms with Gasteiger partial charge in [0.15, 0.2) is 17.3 Å². The molecule has 34 heavy (non-hydrogen) atoms. The van der Waals surface area contributed by atoms with Crippen LogP contribution in [0, 0.1) is 0 Å². The number of alkyl halides is 3. The molecule has 0 spiro atoms. The summed E-state index contributed by atoms with van der Waals surface area (Å²) < 4.78 is 52.9. The lowest BCUT2D eigenvalue weighted by molar-refractivity contribution is -0.274. The minimum absolute atomic E-state index is 0.229. The first kappa shape index (κ1) is 23.1. The third kappa shape index (κ3) is 5.45. The number of rotatable bonds is 8. The second kappa shape index (κ2) is 9.82. The van der Waals surface area contributed by atoms with Crippen LogP contribution in [0.4, 0.5) is 19.0 Å². The number of hydrogen-bond donors (Lipinski definition) is 1. The van der Waals surface area contributed by atoms with Crippen LogP contribution in [0.5, 0.6) is 17.2 Å². The number of methoxy groups -OCH3 is 2. The zero-order valence-corrected chi connectivity index (χ0v) is 18.4. The van der Waals surface area contributed by atoms with E-state index in [4.69, 9.17) is 9.47 Å². The van der Waals surface area contributed by atoms with Crippen LogP contribution in [0.15, 0.2) is 60.8 Å². The number of pyridine rings is 1. The molecule has 0 bridgehead atoms. The second-order valence-corrected chi connectivity index (χ2v) is 7.19. The van der Waals surface area contributed by atoms with Crippen LogP contribution in [0.1, 0.15) is 5.69 Å². The highest BCUT2D eigenvalue weighted by atomic mass is 19.4. The lowest BCUT2D eigenvalue weighted by Crippen LogP contribution is -2.17. The number of ether oxygens (including phenoxy) is 3. The second-order valence-electron chi connectivity index (χ2n) is 7.19. The molecule has 0 unspecified atom stereocenters. The first-order valence-electron chi connectivity index (χ1n) is 10.3. The summed E-state index contributed by atoms with van der Waals surface area (Å²) in [5.74, 6) is 1.34. The molecule has 2 heterocycles. The van der Waals surface area contributed by atoms with Gasteiger partial charge in [0, 0.05) is 41.9 Å². The molecule has 0 atom stereocenters. The van der Waals surface area contributed by atoms with Gasteiger partial charge in [-0.3, -0.25) is 4.98 Å². The average molecular weight is 470 g/mol. The van der Waals surface area contributed by atoms with Crippen LogP contribution in [0.3, 0.4) is 0 Å². The van der Waals surface area contributed by atoms with Crippen LogP contribution >= 0.6 is 0 Å². The number of hydrogen-bond acceptors (Lipinski definition) is 7. The van der Waals surface area contributed by atoms with Crippen molar-refractivity contribution in [1.82, 2.24) is 15.0 Å². The van der Waals surface area contributed by atoms with Crippen molar-refractivity contribution in [2.45, 2.75) is 12.8 Å². The fourth-order valence-electron chi connectivity index (χ4n) is 3.41. The van der Waals surface area contributed by atoms with Gasteiger partial charge >= 0.3 is 6.36 Å². The van der Waals surface area contributed by atoms with E-state index < -0.39 is 6.36 Å². The fourth-order valence-corrected chi connectivity index (χ4v) is 3.41. The van der Waals surface area contributed by atoms with Crippen molar-refractivity contribution in [2.24, 2.45) is 0 Å². The number of halogens is 3. The summed E-state index contributed by atoms with van der Waals surface area (Å²) >= 11 is 0. The Balaban J connectivity index is 1.74. The molecule has 10 heteroatoms. The minimum Gasteiger partial charge on any atom is -0.493 e. The molecular formula is C24H21F3N4O3. The normalized spacial score (nSPS) is 11.3. The molecule has 0 radical (unpaired) electrons. The van der Waals surface area contributed by atoms with Crippen LogP contribution < -0.4 is 19.5 Å². The molecule has 2 aromatic heterocycles. The third-order valence-electron chi connectivity index (χ3n) is 4.93. The largest absolute Gasteiger partial charge is 0.573 e.